The normalized spacial score (nSPS) is 11.5. The zero-order valence-corrected chi connectivity index (χ0v) is 15.8. The van der Waals surface area contributed by atoms with Gasteiger partial charge in [0, 0.05) is 12.2 Å². The zero-order chi connectivity index (χ0) is 21.2. The van der Waals surface area contributed by atoms with Gasteiger partial charge in [0.1, 0.15) is 5.82 Å². The number of rotatable bonds is 5. The molecule has 0 spiro atoms. The molecule has 4 nitrogen and oxygen atoms in total. The zero-order valence-electron chi connectivity index (χ0n) is 15.8. The summed E-state index contributed by atoms with van der Waals surface area (Å²) < 4.78 is 54.3. The minimum atomic E-state index is -4.71. The van der Waals surface area contributed by atoms with Gasteiger partial charge in [0.2, 0.25) is 0 Å². The fraction of sp³-hybridized carbons (Fsp3) is 0.238. The second-order valence-corrected chi connectivity index (χ2v) is 6.67. The van der Waals surface area contributed by atoms with E-state index in [1.54, 1.807) is 18.5 Å². The fourth-order valence-electron chi connectivity index (χ4n) is 3.17. The highest BCUT2D eigenvalue weighted by molar-refractivity contribution is 5.96. The quantitative estimate of drug-likeness (QED) is 0.629. The van der Waals surface area contributed by atoms with Crippen molar-refractivity contribution in [3.8, 4) is 0 Å². The average molecular weight is 405 g/mol. The number of hydrogen-bond donors (Lipinski definition) is 1. The molecule has 0 aliphatic carbocycles. The first-order valence-corrected chi connectivity index (χ1v) is 8.88. The Hall–Kier alpha value is -3.16. The third kappa shape index (κ3) is 4.64. The molecule has 0 saturated carbocycles. The van der Waals surface area contributed by atoms with Gasteiger partial charge < -0.3 is 5.32 Å². The molecular formula is C21H19F4N3O. The van der Waals surface area contributed by atoms with Crippen LogP contribution in [0.15, 0.2) is 48.5 Å². The van der Waals surface area contributed by atoms with E-state index in [1.807, 2.05) is 30.3 Å². The smallest absolute Gasteiger partial charge is 0.348 e. The van der Waals surface area contributed by atoms with Crippen LogP contribution in [0.1, 0.15) is 38.4 Å². The van der Waals surface area contributed by atoms with Crippen LogP contribution >= 0.6 is 0 Å². The molecule has 0 unspecified atom stereocenters. The van der Waals surface area contributed by atoms with Crippen LogP contribution in [-0.2, 0) is 19.3 Å². The fourth-order valence-corrected chi connectivity index (χ4v) is 3.17. The van der Waals surface area contributed by atoms with Crippen molar-refractivity contribution in [1.82, 2.24) is 15.1 Å². The lowest BCUT2D eigenvalue weighted by atomic mass is 10.1. The number of benzene rings is 2. The predicted octanol–water partition coefficient (Wildman–Crippen LogP) is 4.64. The van der Waals surface area contributed by atoms with Crippen molar-refractivity contribution in [1.29, 1.82) is 0 Å². The first-order chi connectivity index (χ1) is 13.7. The second kappa shape index (κ2) is 8.06. The Kier molecular flexibility index (Phi) is 5.72. The third-order valence-corrected chi connectivity index (χ3v) is 4.60. The van der Waals surface area contributed by atoms with E-state index >= 15 is 0 Å². The van der Waals surface area contributed by atoms with Gasteiger partial charge in [0.15, 0.2) is 0 Å². The molecule has 1 heterocycles. The van der Waals surface area contributed by atoms with E-state index in [2.05, 4.69) is 10.4 Å². The molecule has 1 aromatic heterocycles. The molecule has 3 aromatic rings. The lowest BCUT2D eigenvalue weighted by Crippen LogP contribution is -2.25. The summed E-state index contributed by atoms with van der Waals surface area (Å²) >= 11 is 0. The molecule has 0 aliphatic heterocycles. The summed E-state index contributed by atoms with van der Waals surface area (Å²) in [7, 11) is 0. The summed E-state index contributed by atoms with van der Waals surface area (Å²) in [6.07, 6.45) is -4.71. The van der Waals surface area contributed by atoms with Crippen LogP contribution in [0, 0.1) is 19.7 Å². The van der Waals surface area contributed by atoms with Crippen molar-refractivity contribution < 1.29 is 22.4 Å². The van der Waals surface area contributed by atoms with Crippen molar-refractivity contribution in [3.05, 3.63) is 88.0 Å². The number of aryl methyl sites for hydroxylation is 1. The number of carbonyl (C=O) groups is 1. The van der Waals surface area contributed by atoms with E-state index in [0.717, 1.165) is 17.7 Å². The van der Waals surface area contributed by atoms with Gasteiger partial charge in [0.05, 0.1) is 23.4 Å². The molecule has 0 atom stereocenters. The van der Waals surface area contributed by atoms with E-state index in [-0.39, 0.29) is 12.1 Å². The highest BCUT2D eigenvalue weighted by Crippen LogP contribution is 2.32. The van der Waals surface area contributed by atoms with Crippen LogP contribution in [0.3, 0.4) is 0 Å². The summed E-state index contributed by atoms with van der Waals surface area (Å²) in [6.45, 7) is 3.49. The average Bonchev–Trinajstić information content (AvgIpc) is 2.94. The number of hydrogen-bond acceptors (Lipinski definition) is 2. The lowest BCUT2D eigenvalue weighted by molar-refractivity contribution is -0.138. The number of nitrogens with one attached hydrogen (secondary N) is 1. The highest BCUT2D eigenvalue weighted by atomic mass is 19.4. The van der Waals surface area contributed by atoms with Crippen molar-refractivity contribution in [2.45, 2.75) is 33.1 Å². The monoisotopic (exact) mass is 405 g/mol. The van der Waals surface area contributed by atoms with Crippen LogP contribution in [0.25, 0.3) is 0 Å². The van der Waals surface area contributed by atoms with Gasteiger partial charge in [-0.1, -0.05) is 36.4 Å². The maximum atomic E-state index is 13.2. The Morgan fingerprint density at radius 3 is 2.45 bits per heavy atom. The minimum absolute atomic E-state index is 0.209. The number of amides is 1. The molecule has 0 radical (unpaired) electrons. The van der Waals surface area contributed by atoms with Gasteiger partial charge in [-0.25, -0.2) is 4.39 Å². The van der Waals surface area contributed by atoms with Gasteiger partial charge in [-0.15, -0.1) is 0 Å². The van der Waals surface area contributed by atoms with Gasteiger partial charge in [-0.2, -0.15) is 18.3 Å². The Balaban J connectivity index is 1.79. The molecule has 1 amide bonds. The van der Waals surface area contributed by atoms with Crippen molar-refractivity contribution in [3.63, 3.8) is 0 Å². The van der Waals surface area contributed by atoms with Crippen LogP contribution < -0.4 is 5.32 Å². The van der Waals surface area contributed by atoms with Crippen LogP contribution in [0.2, 0.25) is 0 Å². The molecule has 0 aliphatic rings. The lowest BCUT2D eigenvalue weighted by Gasteiger charge is -2.14. The number of aromatic nitrogens is 2. The Morgan fingerprint density at radius 1 is 1.10 bits per heavy atom. The summed E-state index contributed by atoms with van der Waals surface area (Å²) in [4.78, 5) is 12.6. The van der Waals surface area contributed by atoms with Gasteiger partial charge in [-0.05, 0) is 37.1 Å². The van der Waals surface area contributed by atoms with E-state index < -0.39 is 23.5 Å². The standard InChI is InChI=1S/C21H19F4N3O/c1-13-19(14(2)28(27-13)12-15-6-4-3-5-7-15)20(29)26-11-16-8-9-17(22)10-18(16)21(23,24)25/h3-10H,11-12H2,1-2H3,(H,26,29). The third-order valence-electron chi connectivity index (χ3n) is 4.60. The Labute approximate surface area is 165 Å². The molecule has 0 fully saturated rings. The predicted molar refractivity (Wildman–Crippen MR) is 99.8 cm³/mol. The van der Waals surface area contributed by atoms with Crippen LogP contribution in [0.4, 0.5) is 17.6 Å². The molecule has 152 valence electrons. The van der Waals surface area contributed by atoms with E-state index in [4.69, 9.17) is 0 Å². The van der Waals surface area contributed by atoms with Crippen LogP contribution in [0.5, 0.6) is 0 Å². The van der Waals surface area contributed by atoms with Crippen LogP contribution in [-0.4, -0.2) is 15.7 Å². The molecule has 29 heavy (non-hydrogen) atoms. The molecule has 1 N–H and O–H groups in total. The van der Waals surface area contributed by atoms with E-state index in [9.17, 15) is 22.4 Å². The van der Waals surface area contributed by atoms with Crippen molar-refractivity contribution in [2.24, 2.45) is 0 Å². The Morgan fingerprint density at radius 2 is 1.79 bits per heavy atom. The summed E-state index contributed by atoms with van der Waals surface area (Å²) in [5.41, 5.74) is 1.10. The van der Waals surface area contributed by atoms with Gasteiger partial charge in [0.25, 0.3) is 5.91 Å². The first-order valence-electron chi connectivity index (χ1n) is 8.88. The molecule has 0 bridgehead atoms. The number of alkyl halides is 3. The summed E-state index contributed by atoms with van der Waals surface area (Å²) in [5, 5.41) is 6.87. The largest absolute Gasteiger partial charge is 0.416 e. The second-order valence-electron chi connectivity index (χ2n) is 6.67. The Bertz CT molecular complexity index is 1030. The number of carbonyl (C=O) groups excluding carboxylic acids is 1. The maximum absolute atomic E-state index is 13.2. The molecule has 0 saturated heterocycles. The van der Waals surface area contributed by atoms with Gasteiger partial charge in [-0.3, -0.25) is 9.48 Å². The number of halogens is 4. The molecule has 2 aromatic carbocycles. The minimum Gasteiger partial charge on any atom is -0.348 e. The summed E-state index contributed by atoms with van der Waals surface area (Å²) in [6, 6.07) is 11.9. The maximum Gasteiger partial charge on any atom is 0.416 e. The van der Waals surface area contributed by atoms with Crippen molar-refractivity contribution >= 4 is 5.91 Å². The summed E-state index contributed by atoms with van der Waals surface area (Å²) in [5.74, 6) is -1.52. The molecular weight excluding hydrogens is 386 g/mol. The SMILES string of the molecule is Cc1nn(Cc2ccccc2)c(C)c1C(=O)NCc1ccc(F)cc1C(F)(F)F. The van der Waals surface area contributed by atoms with E-state index in [1.165, 1.54) is 0 Å². The molecule has 3 rings (SSSR count). The molecule has 8 heteroatoms. The number of nitrogens with zero attached hydrogens (tertiary/aromatic N) is 2. The highest BCUT2D eigenvalue weighted by Gasteiger charge is 2.33. The first kappa shape index (κ1) is 20.6. The topological polar surface area (TPSA) is 46.9 Å². The van der Waals surface area contributed by atoms with E-state index in [0.29, 0.717) is 29.6 Å². The van der Waals surface area contributed by atoms with Crippen molar-refractivity contribution in [2.75, 3.05) is 0 Å². The van der Waals surface area contributed by atoms with Gasteiger partial charge >= 0.3 is 6.18 Å².